The lowest BCUT2D eigenvalue weighted by molar-refractivity contribution is -0.0238. The molecular formula is C18H28N2O3. The summed E-state index contributed by atoms with van der Waals surface area (Å²) in [6.45, 7) is 9.63. The second-order valence-electron chi connectivity index (χ2n) is 7.23. The fraction of sp³-hybridized carbons (Fsp3) is 0.611. The molecule has 2 atom stereocenters. The molecule has 2 rings (SSSR count). The van der Waals surface area contributed by atoms with Crippen LogP contribution in [0, 0.1) is 0 Å². The maximum absolute atomic E-state index is 12.4. The van der Waals surface area contributed by atoms with Gasteiger partial charge in [0, 0.05) is 25.7 Å². The quantitative estimate of drug-likeness (QED) is 0.930. The average molecular weight is 320 g/mol. The SMILES string of the molecule is CC1CN(Cc2ccccc2)C(CO)CN1C(=O)OC(C)(C)C. The molecule has 1 aromatic carbocycles. The molecule has 0 aromatic heterocycles. The van der Waals surface area contributed by atoms with Gasteiger partial charge in [0.1, 0.15) is 5.60 Å². The Bertz CT molecular complexity index is 513. The molecule has 1 amide bonds. The molecule has 0 spiro atoms. The minimum Gasteiger partial charge on any atom is -0.444 e. The highest BCUT2D eigenvalue weighted by Gasteiger charge is 2.35. The van der Waals surface area contributed by atoms with Crippen molar-refractivity contribution in [1.29, 1.82) is 0 Å². The molecule has 1 fully saturated rings. The molecule has 1 heterocycles. The molecule has 1 aliphatic heterocycles. The minimum absolute atomic E-state index is 0.0266. The maximum atomic E-state index is 12.4. The van der Waals surface area contributed by atoms with Crippen LogP contribution < -0.4 is 0 Å². The fourth-order valence-corrected chi connectivity index (χ4v) is 2.87. The lowest BCUT2D eigenvalue weighted by atomic mass is 10.1. The number of hydrogen-bond acceptors (Lipinski definition) is 4. The predicted octanol–water partition coefficient (Wildman–Crippen LogP) is 2.49. The summed E-state index contributed by atoms with van der Waals surface area (Å²) >= 11 is 0. The van der Waals surface area contributed by atoms with Crippen molar-refractivity contribution in [2.75, 3.05) is 19.7 Å². The molecule has 1 N–H and O–H groups in total. The standard InChI is InChI=1S/C18H28N2O3/c1-14-10-19(11-15-8-6-5-7-9-15)16(13-21)12-20(14)17(22)23-18(2,3)4/h5-9,14,16,21H,10-13H2,1-4H3. The Morgan fingerprint density at radius 1 is 1.26 bits per heavy atom. The molecule has 128 valence electrons. The summed E-state index contributed by atoms with van der Waals surface area (Å²) in [6, 6.07) is 10.2. The van der Waals surface area contributed by atoms with Gasteiger partial charge >= 0.3 is 6.09 Å². The van der Waals surface area contributed by atoms with Crippen molar-refractivity contribution in [2.24, 2.45) is 0 Å². The Hall–Kier alpha value is -1.59. The number of carbonyl (C=O) groups excluding carboxylic acids is 1. The number of ether oxygens (including phenoxy) is 1. The van der Waals surface area contributed by atoms with Gasteiger partial charge in [0.2, 0.25) is 0 Å². The monoisotopic (exact) mass is 320 g/mol. The number of benzene rings is 1. The van der Waals surface area contributed by atoms with Gasteiger partial charge in [-0.25, -0.2) is 4.79 Å². The van der Waals surface area contributed by atoms with Crippen molar-refractivity contribution in [2.45, 2.75) is 51.9 Å². The van der Waals surface area contributed by atoms with Gasteiger partial charge in [0.25, 0.3) is 0 Å². The normalized spacial score (nSPS) is 22.9. The zero-order valence-electron chi connectivity index (χ0n) is 14.5. The largest absolute Gasteiger partial charge is 0.444 e. The van der Waals surface area contributed by atoms with Gasteiger partial charge in [-0.1, -0.05) is 30.3 Å². The highest BCUT2D eigenvalue weighted by Crippen LogP contribution is 2.20. The topological polar surface area (TPSA) is 53.0 Å². The molecule has 5 heteroatoms. The van der Waals surface area contributed by atoms with E-state index >= 15 is 0 Å². The molecule has 0 aliphatic carbocycles. The van der Waals surface area contributed by atoms with Crippen molar-refractivity contribution < 1.29 is 14.6 Å². The van der Waals surface area contributed by atoms with E-state index in [0.29, 0.717) is 6.54 Å². The van der Waals surface area contributed by atoms with Gasteiger partial charge < -0.3 is 14.7 Å². The van der Waals surface area contributed by atoms with Crippen LogP contribution in [-0.2, 0) is 11.3 Å². The van der Waals surface area contributed by atoms with E-state index in [1.165, 1.54) is 5.56 Å². The van der Waals surface area contributed by atoms with Crippen LogP contribution >= 0.6 is 0 Å². The van der Waals surface area contributed by atoms with Crippen LogP contribution in [0.5, 0.6) is 0 Å². The molecule has 2 unspecified atom stereocenters. The first kappa shape index (κ1) is 17.8. The van der Waals surface area contributed by atoms with Crippen LogP contribution in [0.25, 0.3) is 0 Å². The van der Waals surface area contributed by atoms with Crippen LogP contribution in [0.2, 0.25) is 0 Å². The van der Waals surface area contributed by atoms with Gasteiger partial charge in [-0.2, -0.15) is 0 Å². The van der Waals surface area contributed by atoms with Gasteiger partial charge in [0.05, 0.1) is 12.6 Å². The first-order chi connectivity index (χ1) is 10.8. The Morgan fingerprint density at radius 2 is 1.91 bits per heavy atom. The van der Waals surface area contributed by atoms with E-state index in [0.717, 1.165) is 13.1 Å². The van der Waals surface area contributed by atoms with E-state index in [-0.39, 0.29) is 24.8 Å². The summed E-state index contributed by atoms with van der Waals surface area (Å²) in [6.07, 6.45) is -0.303. The molecular weight excluding hydrogens is 292 g/mol. The molecule has 0 saturated carbocycles. The number of amides is 1. The van der Waals surface area contributed by atoms with Gasteiger partial charge in [-0.15, -0.1) is 0 Å². The average Bonchev–Trinajstić information content (AvgIpc) is 2.46. The van der Waals surface area contributed by atoms with Crippen LogP contribution in [0.1, 0.15) is 33.3 Å². The Morgan fingerprint density at radius 3 is 2.48 bits per heavy atom. The minimum atomic E-state index is -0.507. The van der Waals surface area contributed by atoms with Crippen molar-refractivity contribution in [3.8, 4) is 0 Å². The Labute approximate surface area is 138 Å². The van der Waals surface area contributed by atoms with Crippen molar-refractivity contribution >= 4 is 6.09 Å². The fourth-order valence-electron chi connectivity index (χ4n) is 2.87. The summed E-state index contributed by atoms with van der Waals surface area (Å²) in [5.74, 6) is 0. The molecule has 1 aliphatic rings. The lowest BCUT2D eigenvalue weighted by Crippen LogP contribution is -2.60. The number of piperazine rings is 1. The number of hydrogen-bond donors (Lipinski definition) is 1. The van der Waals surface area contributed by atoms with E-state index in [1.807, 2.05) is 45.9 Å². The Balaban J connectivity index is 2.04. The van der Waals surface area contributed by atoms with Crippen LogP contribution in [0.15, 0.2) is 30.3 Å². The van der Waals surface area contributed by atoms with Crippen LogP contribution in [0.3, 0.4) is 0 Å². The molecule has 1 aromatic rings. The van der Waals surface area contributed by atoms with E-state index in [4.69, 9.17) is 4.74 Å². The molecule has 5 nitrogen and oxygen atoms in total. The van der Waals surface area contributed by atoms with Crippen molar-refractivity contribution in [3.63, 3.8) is 0 Å². The smallest absolute Gasteiger partial charge is 0.410 e. The second kappa shape index (κ2) is 7.32. The molecule has 23 heavy (non-hydrogen) atoms. The number of rotatable bonds is 3. The van der Waals surface area contributed by atoms with Gasteiger partial charge in [-0.3, -0.25) is 4.90 Å². The van der Waals surface area contributed by atoms with Gasteiger partial charge in [-0.05, 0) is 33.3 Å². The second-order valence-corrected chi connectivity index (χ2v) is 7.23. The van der Waals surface area contributed by atoms with E-state index in [2.05, 4.69) is 17.0 Å². The number of aliphatic hydroxyl groups is 1. The maximum Gasteiger partial charge on any atom is 0.410 e. The third-order valence-electron chi connectivity index (χ3n) is 4.02. The third-order valence-corrected chi connectivity index (χ3v) is 4.02. The summed E-state index contributed by atoms with van der Waals surface area (Å²) in [4.78, 5) is 16.3. The highest BCUT2D eigenvalue weighted by atomic mass is 16.6. The summed E-state index contributed by atoms with van der Waals surface area (Å²) in [5.41, 5.74) is 0.705. The molecule has 0 bridgehead atoms. The van der Waals surface area contributed by atoms with E-state index in [9.17, 15) is 9.90 Å². The van der Waals surface area contributed by atoms with Crippen LogP contribution in [0.4, 0.5) is 4.79 Å². The lowest BCUT2D eigenvalue weighted by Gasteiger charge is -2.44. The first-order valence-electron chi connectivity index (χ1n) is 8.18. The van der Waals surface area contributed by atoms with Crippen molar-refractivity contribution in [3.05, 3.63) is 35.9 Å². The zero-order valence-corrected chi connectivity index (χ0v) is 14.5. The first-order valence-corrected chi connectivity index (χ1v) is 8.18. The Kier molecular flexibility index (Phi) is 5.65. The summed E-state index contributed by atoms with van der Waals surface area (Å²) in [5, 5.41) is 9.74. The van der Waals surface area contributed by atoms with Crippen LogP contribution in [-0.4, -0.2) is 58.4 Å². The number of aliphatic hydroxyl groups excluding tert-OH is 1. The molecule has 0 radical (unpaired) electrons. The predicted molar refractivity (Wildman–Crippen MR) is 90.1 cm³/mol. The zero-order chi connectivity index (χ0) is 17.0. The highest BCUT2D eigenvalue weighted by molar-refractivity contribution is 5.68. The summed E-state index contributed by atoms with van der Waals surface area (Å²) in [7, 11) is 0. The third kappa shape index (κ3) is 4.94. The van der Waals surface area contributed by atoms with E-state index < -0.39 is 5.60 Å². The number of carbonyl (C=O) groups is 1. The summed E-state index contributed by atoms with van der Waals surface area (Å²) < 4.78 is 5.48. The van der Waals surface area contributed by atoms with E-state index in [1.54, 1.807) is 4.90 Å². The van der Waals surface area contributed by atoms with Crippen molar-refractivity contribution in [1.82, 2.24) is 9.80 Å². The molecule has 1 saturated heterocycles. The van der Waals surface area contributed by atoms with Gasteiger partial charge in [0.15, 0.2) is 0 Å². The number of nitrogens with zero attached hydrogens (tertiary/aromatic N) is 2.